The monoisotopic (exact) mass is 384 g/mol. The molecule has 0 bridgehead atoms. The third-order valence-corrected chi connectivity index (χ3v) is 8.39. The van der Waals surface area contributed by atoms with Crippen molar-refractivity contribution in [2.45, 2.75) is 86.0 Å². The second-order valence-electron chi connectivity index (χ2n) is 10.2. The van der Waals surface area contributed by atoms with Gasteiger partial charge in [0.05, 0.1) is 7.11 Å². The second-order valence-corrected chi connectivity index (χ2v) is 10.2. The molecule has 0 aromatic carbocycles. The van der Waals surface area contributed by atoms with Crippen molar-refractivity contribution in [3.8, 4) is 0 Å². The zero-order valence-electron chi connectivity index (χ0n) is 18.9. The molecule has 3 rings (SSSR count). The van der Waals surface area contributed by atoms with Crippen LogP contribution in [0.1, 0.15) is 86.0 Å². The van der Waals surface area contributed by atoms with Gasteiger partial charge >= 0.3 is 5.97 Å². The van der Waals surface area contributed by atoms with E-state index in [1.807, 2.05) is 6.92 Å². The number of hydrogen-bond donors (Lipinski definition) is 0. The minimum Gasteiger partial charge on any atom is -0.466 e. The molecular weight excluding hydrogens is 344 g/mol. The molecule has 156 valence electrons. The maximum Gasteiger partial charge on any atom is 0.333 e. The first-order valence-electron chi connectivity index (χ1n) is 11.4. The summed E-state index contributed by atoms with van der Waals surface area (Å²) < 4.78 is 4.81. The summed E-state index contributed by atoms with van der Waals surface area (Å²) in [6.45, 7) is 11.6. The molecule has 5 atom stereocenters. The van der Waals surface area contributed by atoms with Crippen LogP contribution >= 0.6 is 0 Å². The van der Waals surface area contributed by atoms with Crippen LogP contribution in [-0.2, 0) is 9.53 Å². The van der Waals surface area contributed by atoms with Crippen LogP contribution in [0.25, 0.3) is 0 Å². The molecule has 0 aliphatic heterocycles. The molecule has 3 aliphatic rings. The van der Waals surface area contributed by atoms with Crippen LogP contribution in [0.3, 0.4) is 0 Å². The van der Waals surface area contributed by atoms with Gasteiger partial charge in [0.25, 0.3) is 0 Å². The topological polar surface area (TPSA) is 26.3 Å². The van der Waals surface area contributed by atoms with Crippen LogP contribution < -0.4 is 0 Å². The van der Waals surface area contributed by atoms with E-state index in [1.165, 1.54) is 52.1 Å². The van der Waals surface area contributed by atoms with Gasteiger partial charge in [-0.05, 0) is 95.3 Å². The van der Waals surface area contributed by atoms with E-state index >= 15 is 0 Å². The van der Waals surface area contributed by atoms with Gasteiger partial charge in [0.15, 0.2) is 0 Å². The summed E-state index contributed by atoms with van der Waals surface area (Å²) in [5.41, 5.74) is 6.30. The predicted octanol–water partition coefficient (Wildman–Crippen LogP) is 7.02. The quantitative estimate of drug-likeness (QED) is 0.289. The van der Waals surface area contributed by atoms with Gasteiger partial charge in [-0.2, -0.15) is 0 Å². The first-order chi connectivity index (χ1) is 13.3. The van der Waals surface area contributed by atoms with Crippen LogP contribution in [0, 0.1) is 29.1 Å². The average molecular weight is 385 g/mol. The minimum atomic E-state index is -0.198. The van der Waals surface area contributed by atoms with Crippen molar-refractivity contribution in [1.82, 2.24) is 0 Å². The van der Waals surface area contributed by atoms with Crippen molar-refractivity contribution < 1.29 is 9.53 Å². The van der Waals surface area contributed by atoms with E-state index in [1.54, 1.807) is 16.7 Å². The van der Waals surface area contributed by atoms with Crippen LogP contribution in [-0.4, -0.2) is 13.1 Å². The van der Waals surface area contributed by atoms with E-state index in [4.69, 9.17) is 4.74 Å². The molecule has 3 aliphatic carbocycles. The van der Waals surface area contributed by atoms with E-state index in [9.17, 15) is 4.79 Å². The molecule has 28 heavy (non-hydrogen) atoms. The summed E-state index contributed by atoms with van der Waals surface area (Å²) in [6.07, 6.45) is 14.8. The lowest BCUT2D eigenvalue weighted by atomic mass is 9.65. The molecule has 0 spiro atoms. The molecule has 0 N–H and O–H groups in total. The lowest BCUT2D eigenvalue weighted by molar-refractivity contribution is -0.136. The Morgan fingerprint density at radius 3 is 2.82 bits per heavy atom. The Bertz CT molecular complexity index is 695. The molecule has 1 saturated carbocycles. The highest BCUT2D eigenvalue weighted by atomic mass is 16.5. The fraction of sp³-hybridized carbons (Fsp3) is 0.731. The molecule has 0 saturated heterocycles. The molecule has 0 aromatic rings. The van der Waals surface area contributed by atoms with E-state index < -0.39 is 0 Å². The number of allylic oxidation sites excluding steroid dienone is 5. The molecule has 1 fully saturated rings. The number of esters is 1. The molecule has 0 heterocycles. The number of carbonyl (C=O) groups is 1. The highest BCUT2D eigenvalue weighted by molar-refractivity contribution is 5.87. The van der Waals surface area contributed by atoms with Crippen molar-refractivity contribution in [2.75, 3.05) is 7.11 Å². The molecule has 0 aromatic heterocycles. The van der Waals surface area contributed by atoms with Crippen LogP contribution in [0.4, 0.5) is 0 Å². The number of carbonyl (C=O) groups excluding carboxylic acids is 1. The Morgan fingerprint density at radius 1 is 1.36 bits per heavy atom. The van der Waals surface area contributed by atoms with Gasteiger partial charge in [0.2, 0.25) is 0 Å². The highest BCUT2D eigenvalue weighted by Crippen LogP contribution is 2.58. The van der Waals surface area contributed by atoms with E-state index in [0.29, 0.717) is 11.3 Å². The molecule has 0 unspecified atom stereocenters. The van der Waals surface area contributed by atoms with E-state index in [-0.39, 0.29) is 5.97 Å². The van der Waals surface area contributed by atoms with Crippen molar-refractivity contribution in [1.29, 1.82) is 0 Å². The van der Waals surface area contributed by atoms with E-state index in [2.05, 4.69) is 39.8 Å². The third kappa shape index (κ3) is 4.16. The fourth-order valence-corrected chi connectivity index (χ4v) is 6.44. The first kappa shape index (κ1) is 21.4. The van der Waals surface area contributed by atoms with Crippen LogP contribution in [0.5, 0.6) is 0 Å². The van der Waals surface area contributed by atoms with E-state index in [0.717, 1.165) is 29.7 Å². The van der Waals surface area contributed by atoms with Gasteiger partial charge < -0.3 is 4.74 Å². The maximum absolute atomic E-state index is 11.6. The van der Waals surface area contributed by atoms with Gasteiger partial charge in [-0.3, -0.25) is 0 Å². The number of fused-ring (bicyclic) bond motifs is 2. The molecule has 0 amide bonds. The predicted molar refractivity (Wildman–Crippen MR) is 117 cm³/mol. The summed E-state index contributed by atoms with van der Waals surface area (Å²) >= 11 is 0. The molecular formula is C26H40O2. The van der Waals surface area contributed by atoms with Crippen molar-refractivity contribution in [2.24, 2.45) is 29.1 Å². The van der Waals surface area contributed by atoms with Gasteiger partial charge in [0.1, 0.15) is 0 Å². The Morgan fingerprint density at radius 2 is 2.11 bits per heavy atom. The lowest BCUT2D eigenvalue weighted by Crippen LogP contribution is -2.30. The van der Waals surface area contributed by atoms with Gasteiger partial charge in [0, 0.05) is 11.5 Å². The van der Waals surface area contributed by atoms with Crippen molar-refractivity contribution in [3.05, 3.63) is 34.4 Å². The summed E-state index contributed by atoms with van der Waals surface area (Å²) in [4.78, 5) is 11.6. The highest BCUT2D eigenvalue weighted by Gasteiger charge is 2.48. The normalized spacial score (nSPS) is 36.1. The first-order valence-corrected chi connectivity index (χ1v) is 11.4. The maximum atomic E-state index is 11.6. The second kappa shape index (κ2) is 8.59. The Balaban J connectivity index is 1.72. The summed E-state index contributed by atoms with van der Waals surface area (Å²) in [6, 6.07) is 0. The Kier molecular flexibility index (Phi) is 6.57. The van der Waals surface area contributed by atoms with Crippen molar-refractivity contribution in [3.63, 3.8) is 0 Å². The Labute approximate surface area is 172 Å². The zero-order chi connectivity index (χ0) is 20.5. The summed E-state index contributed by atoms with van der Waals surface area (Å²) in [7, 11) is 1.46. The van der Waals surface area contributed by atoms with Crippen LogP contribution in [0.15, 0.2) is 34.4 Å². The minimum absolute atomic E-state index is 0.198. The summed E-state index contributed by atoms with van der Waals surface area (Å²) in [5.74, 6) is 2.85. The molecule has 2 heteroatoms. The fourth-order valence-electron chi connectivity index (χ4n) is 6.44. The zero-order valence-corrected chi connectivity index (χ0v) is 18.9. The number of methoxy groups -OCH3 is 1. The smallest absolute Gasteiger partial charge is 0.333 e. The number of ether oxygens (including phenoxy) is 1. The van der Waals surface area contributed by atoms with Gasteiger partial charge in [-0.25, -0.2) is 4.79 Å². The number of hydrogen-bond acceptors (Lipinski definition) is 2. The average Bonchev–Trinajstić information content (AvgIpc) is 3.17. The van der Waals surface area contributed by atoms with Gasteiger partial charge in [-0.1, -0.05) is 42.7 Å². The largest absolute Gasteiger partial charge is 0.466 e. The Hall–Kier alpha value is -1.31. The summed E-state index contributed by atoms with van der Waals surface area (Å²) in [5, 5.41) is 0. The molecule has 2 nitrogen and oxygen atoms in total. The number of rotatable bonds is 5. The van der Waals surface area contributed by atoms with Crippen LogP contribution in [0.2, 0.25) is 0 Å². The van der Waals surface area contributed by atoms with Gasteiger partial charge in [-0.15, -0.1) is 0 Å². The standard InChI is InChI=1S/C26H40O2/c1-17(8-7-9-20(4)25(27)28-6)22-14-15-26(5)16-23-19(3)10-12-21(23)18(2)11-13-24(22)26/h9,11,17,21-22,24H,7-8,10,12-16H2,1-6H3/b18-11-,20-9+/t17-,21-,22+,24+,26-/m0/s1. The van der Waals surface area contributed by atoms with Crippen molar-refractivity contribution >= 4 is 5.97 Å². The SMILES string of the molecule is COC(=O)/C(C)=C/CC[C@H](C)[C@H]1CC[C@@]2(C)CC3=C(C)CC[C@H]3/C(C)=C\C[C@H]12. The molecule has 0 radical (unpaired) electrons. The third-order valence-electron chi connectivity index (χ3n) is 8.39. The lowest BCUT2D eigenvalue weighted by Gasteiger charge is -2.39.